The van der Waals surface area contributed by atoms with Gasteiger partial charge in [0.2, 0.25) is 0 Å². The predicted octanol–water partition coefficient (Wildman–Crippen LogP) is -8.65. The van der Waals surface area contributed by atoms with Crippen LogP contribution >= 0.6 is 0 Å². The van der Waals surface area contributed by atoms with Crippen LogP contribution in [-0.4, -0.2) is 16.4 Å². The molecule has 0 aromatic carbocycles. The standard InChI is InChI=1S/CH2O3.BrH.K.Na.H/c2-1(3)4;;;;/h(H2,2,3,4);1H;;;/q;;2*+1;-1/p-1. The van der Waals surface area contributed by atoms with Crippen LogP contribution in [0.5, 0.6) is 0 Å². The Bertz CT molecular complexity index is 42.3. The van der Waals surface area contributed by atoms with Gasteiger partial charge in [0.1, 0.15) is 0 Å². The van der Waals surface area contributed by atoms with Gasteiger partial charge in [0.05, 0.1) is 0 Å². The topological polar surface area (TPSA) is 57.5 Å². The van der Waals surface area contributed by atoms with Crippen molar-refractivity contribution >= 4 is 6.16 Å². The van der Waals surface area contributed by atoms with E-state index in [1.807, 2.05) is 0 Å². The van der Waals surface area contributed by atoms with E-state index in [4.69, 9.17) is 15.0 Å². The Morgan fingerprint density at radius 1 is 1.43 bits per heavy atom. The Morgan fingerprint density at radius 2 is 1.43 bits per heavy atom. The number of carboxylic acid groups (broad SMARTS) is 2. The van der Waals surface area contributed by atoms with Crippen molar-refractivity contribution in [2.24, 2.45) is 0 Å². The van der Waals surface area contributed by atoms with Gasteiger partial charge in [-0.25, -0.2) is 4.79 Å². The smallest absolute Gasteiger partial charge is 1.00 e. The van der Waals surface area contributed by atoms with Crippen LogP contribution < -0.4 is 97.9 Å². The number of hydrogen-bond donors (Lipinski definition) is 2. The summed E-state index contributed by atoms with van der Waals surface area (Å²) in [6, 6.07) is 0. The summed E-state index contributed by atoms with van der Waals surface area (Å²) in [5, 5.41) is 13.9. The van der Waals surface area contributed by atoms with Gasteiger partial charge in [-0.15, -0.1) is 0 Å². The molecule has 0 rings (SSSR count). The monoisotopic (exact) mass is 204 g/mol. The minimum absolute atomic E-state index is 0. The molecule has 34 valence electrons. The molecule has 0 atom stereocenters. The first-order chi connectivity index (χ1) is 1.73. The average Bonchev–Trinajstić information content (AvgIpc) is 0.811. The maximum absolute atomic E-state index is 8.56. The maximum Gasteiger partial charge on any atom is 1.00 e. The summed E-state index contributed by atoms with van der Waals surface area (Å²) in [6.07, 6.45) is -1.83. The molecule has 0 aromatic heterocycles. The molecule has 0 unspecified atom stereocenters. The summed E-state index contributed by atoms with van der Waals surface area (Å²) < 4.78 is 0. The Balaban J connectivity index is -0.00000000750. The van der Waals surface area contributed by atoms with Gasteiger partial charge in [-0.05, 0) is 0 Å². The molecule has 0 fully saturated rings. The van der Waals surface area contributed by atoms with E-state index in [0.29, 0.717) is 0 Å². The maximum atomic E-state index is 8.56. The number of hydrogen-bond acceptors (Lipinski definition) is 1. The van der Waals surface area contributed by atoms with Crippen molar-refractivity contribution in [3.05, 3.63) is 0 Å². The molecule has 0 saturated heterocycles. The quantitative estimate of drug-likeness (QED) is 0.386. The molecular formula is CH3BrKNaO3. The van der Waals surface area contributed by atoms with Crippen LogP contribution in [0.4, 0.5) is 4.79 Å². The van der Waals surface area contributed by atoms with Gasteiger partial charge in [0.25, 0.3) is 0 Å². The van der Waals surface area contributed by atoms with Crippen molar-refractivity contribution in [2.45, 2.75) is 0 Å². The van der Waals surface area contributed by atoms with Gasteiger partial charge in [-0.2, -0.15) is 0 Å². The van der Waals surface area contributed by atoms with E-state index < -0.39 is 6.16 Å². The number of rotatable bonds is 0. The van der Waals surface area contributed by atoms with Gasteiger partial charge in [-0.1, -0.05) is 0 Å². The molecule has 7 heavy (non-hydrogen) atoms. The van der Waals surface area contributed by atoms with E-state index in [1.54, 1.807) is 0 Å². The number of carbonyl (C=O) groups is 1. The van der Waals surface area contributed by atoms with Crippen LogP contribution in [0.2, 0.25) is 0 Å². The van der Waals surface area contributed by atoms with Crippen molar-refractivity contribution in [3.8, 4) is 0 Å². The molecule has 0 aliphatic rings. The van der Waals surface area contributed by atoms with Crippen molar-refractivity contribution < 1.29 is 114 Å². The zero-order valence-corrected chi connectivity index (χ0v) is 10.9. The molecule has 0 radical (unpaired) electrons. The number of halogens is 1. The summed E-state index contributed by atoms with van der Waals surface area (Å²) in [4.78, 5) is 8.56. The second kappa shape index (κ2) is 15.8. The van der Waals surface area contributed by atoms with Crippen LogP contribution in [0.25, 0.3) is 0 Å². The summed E-state index contributed by atoms with van der Waals surface area (Å²) >= 11 is 0. The Labute approximate surface area is 118 Å². The minimum atomic E-state index is -1.83. The fourth-order valence-electron chi connectivity index (χ4n) is 0. The van der Waals surface area contributed by atoms with Crippen molar-refractivity contribution in [1.82, 2.24) is 0 Å². The van der Waals surface area contributed by atoms with Gasteiger partial charge in [0.15, 0.2) is 0 Å². The largest absolute Gasteiger partial charge is 1.00 e. The van der Waals surface area contributed by atoms with Crippen LogP contribution in [0.15, 0.2) is 0 Å². The predicted molar refractivity (Wildman–Crippen MR) is 11.8 cm³/mol. The average molecular weight is 205 g/mol. The van der Waals surface area contributed by atoms with E-state index in [2.05, 4.69) is 0 Å². The fraction of sp³-hybridized carbons (Fsp3) is 0. The van der Waals surface area contributed by atoms with Gasteiger partial charge < -0.3 is 28.6 Å². The SMILES string of the molecule is O=C(O)O.[Br-].[H-].[K+].[Na+]. The fourth-order valence-corrected chi connectivity index (χ4v) is 0. The summed E-state index contributed by atoms with van der Waals surface area (Å²) in [6.45, 7) is 0. The molecule has 0 bridgehead atoms. The van der Waals surface area contributed by atoms with E-state index in [-0.39, 0.29) is 99.3 Å². The molecule has 6 heteroatoms. The second-order valence-corrected chi connectivity index (χ2v) is 0.283. The molecule has 0 aliphatic carbocycles. The van der Waals surface area contributed by atoms with Gasteiger partial charge in [-0.3, -0.25) is 0 Å². The first-order valence-electron chi connectivity index (χ1n) is 0.651. The van der Waals surface area contributed by atoms with Crippen LogP contribution in [-0.2, 0) is 0 Å². The van der Waals surface area contributed by atoms with Crippen molar-refractivity contribution in [1.29, 1.82) is 0 Å². The van der Waals surface area contributed by atoms with Crippen LogP contribution in [0.3, 0.4) is 0 Å². The minimum Gasteiger partial charge on any atom is -1.00 e. The summed E-state index contributed by atoms with van der Waals surface area (Å²) in [5.41, 5.74) is 0. The third-order valence-electron chi connectivity index (χ3n) is 0. The van der Waals surface area contributed by atoms with E-state index in [1.165, 1.54) is 0 Å². The third kappa shape index (κ3) is 60.1. The van der Waals surface area contributed by atoms with Crippen molar-refractivity contribution in [2.75, 3.05) is 0 Å². The molecule has 0 aliphatic heterocycles. The molecule has 3 nitrogen and oxygen atoms in total. The molecule has 0 spiro atoms. The Hall–Kier alpha value is 2.39. The molecular weight excluding hydrogens is 202 g/mol. The Kier molecular flexibility index (Phi) is 51.3. The Morgan fingerprint density at radius 3 is 1.43 bits per heavy atom. The molecule has 0 amide bonds. The van der Waals surface area contributed by atoms with E-state index in [9.17, 15) is 0 Å². The van der Waals surface area contributed by atoms with Crippen LogP contribution in [0, 0.1) is 0 Å². The molecule has 0 saturated carbocycles. The normalized spacial score (nSPS) is 3.43. The molecule has 0 heterocycles. The van der Waals surface area contributed by atoms with Crippen LogP contribution in [0.1, 0.15) is 1.43 Å². The molecule has 0 aromatic rings. The zero-order valence-electron chi connectivity index (χ0n) is 5.18. The zero-order chi connectivity index (χ0) is 3.58. The summed E-state index contributed by atoms with van der Waals surface area (Å²) in [5.74, 6) is 0. The van der Waals surface area contributed by atoms with E-state index >= 15 is 0 Å². The second-order valence-electron chi connectivity index (χ2n) is 0.283. The third-order valence-corrected chi connectivity index (χ3v) is 0. The summed E-state index contributed by atoms with van der Waals surface area (Å²) in [7, 11) is 0. The van der Waals surface area contributed by atoms with Crippen molar-refractivity contribution in [3.63, 3.8) is 0 Å². The van der Waals surface area contributed by atoms with Gasteiger partial charge >= 0.3 is 87.1 Å². The van der Waals surface area contributed by atoms with E-state index in [0.717, 1.165) is 0 Å². The first kappa shape index (κ1) is 22.8. The molecule has 2 N–H and O–H groups in total. The van der Waals surface area contributed by atoms with Gasteiger partial charge in [0, 0.05) is 0 Å². The first-order valence-corrected chi connectivity index (χ1v) is 0.651.